The van der Waals surface area contributed by atoms with E-state index in [4.69, 9.17) is 9.47 Å². The van der Waals surface area contributed by atoms with Gasteiger partial charge in [0.25, 0.3) is 5.91 Å². The van der Waals surface area contributed by atoms with Gasteiger partial charge in [-0.2, -0.15) is 0 Å². The smallest absolute Gasteiger partial charge is 0.251 e. The number of ether oxygens (including phenoxy) is 2. The van der Waals surface area contributed by atoms with Crippen molar-refractivity contribution in [2.75, 3.05) is 26.7 Å². The number of hydrogen-bond acceptors (Lipinski definition) is 4. The molecule has 1 aliphatic rings. The van der Waals surface area contributed by atoms with E-state index in [9.17, 15) is 4.79 Å². The molecule has 0 bridgehead atoms. The number of hydrogen-bond donors (Lipinski definition) is 2. The third-order valence-corrected chi connectivity index (χ3v) is 3.86. The van der Waals surface area contributed by atoms with E-state index in [0.717, 1.165) is 31.7 Å². The quantitative estimate of drug-likeness (QED) is 0.724. The first kappa shape index (κ1) is 16.6. The molecule has 0 aliphatic heterocycles. The molecule has 2 N–H and O–H groups in total. The Morgan fingerprint density at radius 3 is 2.68 bits per heavy atom. The molecule has 0 spiro atoms. The number of amides is 1. The van der Waals surface area contributed by atoms with Crippen LogP contribution in [0.1, 0.15) is 43.0 Å². The number of carbonyl (C=O) groups is 1. The highest BCUT2D eigenvalue weighted by atomic mass is 16.5. The highest BCUT2D eigenvalue weighted by molar-refractivity contribution is 5.94. The van der Waals surface area contributed by atoms with Crippen molar-refractivity contribution in [2.24, 2.45) is 0 Å². The van der Waals surface area contributed by atoms with Crippen molar-refractivity contribution >= 4 is 5.91 Å². The molecule has 22 heavy (non-hydrogen) atoms. The molecule has 1 amide bonds. The van der Waals surface area contributed by atoms with Crippen molar-refractivity contribution in [1.29, 1.82) is 0 Å². The fourth-order valence-electron chi connectivity index (χ4n) is 2.64. The minimum absolute atomic E-state index is 0.0939. The van der Waals surface area contributed by atoms with E-state index in [-0.39, 0.29) is 12.0 Å². The predicted octanol–water partition coefficient (Wildman–Crippen LogP) is 2.36. The van der Waals surface area contributed by atoms with E-state index in [2.05, 4.69) is 10.6 Å². The zero-order valence-corrected chi connectivity index (χ0v) is 13.5. The second-order valence-corrected chi connectivity index (χ2v) is 5.50. The first-order valence-electron chi connectivity index (χ1n) is 8.08. The fraction of sp³-hybridized carbons (Fsp3) is 0.588. The first-order valence-corrected chi connectivity index (χ1v) is 8.08. The van der Waals surface area contributed by atoms with Gasteiger partial charge in [-0.1, -0.05) is 6.92 Å². The Hall–Kier alpha value is -1.75. The van der Waals surface area contributed by atoms with Gasteiger partial charge < -0.3 is 20.1 Å². The van der Waals surface area contributed by atoms with Gasteiger partial charge in [0.2, 0.25) is 0 Å². The lowest BCUT2D eigenvalue weighted by Gasteiger charge is -2.16. The Morgan fingerprint density at radius 1 is 1.23 bits per heavy atom. The fourth-order valence-corrected chi connectivity index (χ4v) is 2.64. The third-order valence-electron chi connectivity index (χ3n) is 3.86. The highest BCUT2D eigenvalue weighted by Gasteiger charge is 2.19. The lowest BCUT2D eigenvalue weighted by molar-refractivity contribution is 0.0953. The van der Waals surface area contributed by atoms with Gasteiger partial charge in [0.1, 0.15) is 0 Å². The van der Waals surface area contributed by atoms with E-state index in [1.54, 1.807) is 19.2 Å². The molecule has 1 aromatic carbocycles. The Labute approximate surface area is 132 Å². The average molecular weight is 306 g/mol. The molecule has 2 rings (SSSR count). The molecule has 5 heteroatoms. The van der Waals surface area contributed by atoms with E-state index >= 15 is 0 Å². The molecular weight excluding hydrogens is 280 g/mol. The van der Waals surface area contributed by atoms with Crippen LogP contribution in [-0.2, 0) is 0 Å². The predicted molar refractivity (Wildman–Crippen MR) is 86.8 cm³/mol. The molecule has 0 atom stereocenters. The van der Waals surface area contributed by atoms with Crippen molar-refractivity contribution in [3.63, 3.8) is 0 Å². The van der Waals surface area contributed by atoms with E-state index < -0.39 is 0 Å². The number of likely N-dealkylation sites (N-methyl/N-ethyl adjacent to an activating group) is 1. The van der Waals surface area contributed by atoms with E-state index in [1.807, 2.05) is 13.0 Å². The second-order valence-electron chi connectivity index (χ2n) is 5.50. The minimum Gasteiger partial charge on any atom is -0.493 e. The summed E-state index contributed by atoms with van der Waals surface area (Å²) >= 11 is 0. The molecule has 1 fully saturated rings. The maximum absolute atomic E-state index is 12.1. The van der Waals surface area contributed by atoms with Crippen LogP contribution in [0.4, 0.5) is 0 Å². The van der Waals surface area contributed by atoms with Crippen LogP contribution in [0.15, 0.2) is 18.2 Å². The summed E-state index contributed by atoms with van der Waals surface area (Å²) in [4.78, 5) is 12.1. The normalized spacial score (nSPS) is 14.8. The zero-order chi connectivity index (χ0) is 15.8. The second kappa shape index (κ2) is 8.63. The summed E-state index contributed by atoms with van der Waals surface area (Å²) in [5.41, 5.74) is 0.590. The lowest BCUT2D eigenvalue weighted by Crippen LogP contribution is -2.31. The number of nitrogens with one attached hydrogen (secondary N) is 2. The molecule has 1 saturated carbocycles. The van der Waals surface area contributed by atoms with E-state index in [1.165, 1.54) is 12.8 Å². The van der Waals surface area contributed by atoms with Crippen LogP contribution < -0.4 is 20.1 Å². The van der Waals surface area contributed by atoms with Crippen LogP contribution in [0.3, 0.4) is 0 Å². The molecular formula is C17H26N2O3. The van der Waals surface area contributed by atoms with Crippen molar-refractivity contribution < 1.29 is 14.3 Å². The van der Waals surface area contributed by atoms with Gasteiger partial charge in [0.05, 0.1) is 13.2 Å². The van der Waals surface area contributed by atoms with Gasteiger partial charge in [-0.3, -0.25) is 4.79 Å². The Balaban J connectivity index is 1.96. The molecule has 0 radical (unpaired) electrons. The number of carbonyl (C=O) groups excluding carboxylic acids is 1. The van der Waals surface area contributed by atoms with Crippen LogP contribution in [0, 0.1) is 0 Å². The molecule has 0 heterocycles. The summed E-state index contributed by atoms with van der Waals surface area (Å²) in [5.74, 6) is 1.24. The molecule has 1 aromatic rings. The summed E-state index contributed by atoms with van der Waals surface area (Å²) in [5, 5.41) is 6.05. The third kappa shape index (κ3) is 4.63. The summed E-state index contributed by atoms with van der Waals surface area (Å²) in [6.07, 6.45) is 4.90. The maximum atomic E-state index is 12.1. The van der Waals surface area contributed by atoms with Gasteiger partial charge >= 0.3 is 0 Å². The van der Waals surface area contributed by atoms with Crippen LogP contribution in [0.5, 0.6) is 11.5 Å². The van der Waals surface area contributed by atoms with Crippen molar-refractivity contribution in [1.82, 2.24) is 10.6 Å². The zero-order valence-electron chi connectivity index (χ0n) is 13.5. The maximum Gasteiger partial charge on any atom is 0.251 e. The number of methoxy groups -OCH3 is 1. The molecule has 0 aromatic heterocycles. The molecule has 122 valence electrons. The standard InChI is InChI=1S/C17H26N2O3/c1-3-18-10-11-19-17(20)13-8-9-15(16(12-13)21-2)22-14-6-4-5-7-14/h8-9,12,14,18H,3-7,10-11H2,1-2H3,(H,19,20). The van der Waals surface area contributed by atoms with E-state index in [0.29, 0.717) is 17.9 Å². The Kier molecular flexibility index (Phi) is 6.52. The monoisotopic (exact) mass is 306 g/mol. The first-order chi connectivity index (χ1) is 10.7. The minimum atomic E-state index is -0.0939. The summed E-state index contributed by atoms with van der Waals surface area (Å²) in [6.45, 7) is 4.31. The molecule has 5 nitrogen and oxygen atoms in total. The Bertz CT molecular complexity index is 485. The number of rotatable bonds is 8. The summed E-state index contributed by atoms with van der Waals surface area (Å²) in [7, 11) is 1.60. The van der Waals surface area contributed by atoms with Crippen molar-refractivity contribution in [3.05, 3.63) is 23.8 Å². The van der Waals surface area contributed by atoms with Crippen molar-refractivity contribution in [3.8, 4) is 11.5 Å². The van der Waals surface area contributed by atoms with Crippen LogP contribution in [0.2, 0.25) is 0 Å². The number of benzene rings is 1. The Morgan fingerprint density at radius 2 is 2.00 bits per heavy atom. The SMILES string of the molecule is CCNCCNC(=O)c1ccc(OC2CCCC2)c(OC)c1. The van der Waals surface area contributed by atoms with Crippen LogP contribution in [-0.4, -0.2) is 38.8 Å². The van der Waals surface area contributed by atoms with Gasteiger partial charge in [-0.15, -0.1) is 0 Å². The van der Waals surface area contributed by atoms with Gasteiger partial charge in [0, 0.05) is 18.7 Å². The summed E-state index contributed by atoms with van der Waals surface area (Å²) < 4.78 is 11.4. The molecule has 0 saturated heterocycles. The topological polar surface area (TPSA) is 59.6 Å². The average Bonchev–Trinajstić information content (AvgIpc) is 3.04. The van der Waals surface area contributed by atoms with Gasteiger partial charge in [-0.25, -0.2) is 0 Å². The van der Waals surface area contributed by atoms with Gasteiger partial charge in [-0.05, 0) is 50.4 Å². The molecule has 1 aliphatic carbocycles. The molecule has 0 unspecified atom stereocenters. The lowest BCUT2D eigenvalue weighted by atomic mass is 10.2. The van der Waals surface area contributed by atoms with Crippen LogP contribution >= 0.6 is 0 Å². The van der Waals surface area contributed by atoms with Crippen molar-refractivity contribution in [2.45, 2.75) is 38.7 Å². The highest BCUT2D eigenvalue weighted by Crippen LogP contribution is 2.32. The van der Waals surface area contributed by atoms with Gasteiger partial charge in [0.15, 0.2) is 11.5 Å². The van der Waals surface area contributed by atoms with Crippen LogP contribution in [0.25, 0.3) is 0 Å². The largest absolute Gasteiger partial charge is 0.493 e. The summed E-state index contributed by atoms with van der Waals surface area (Å²) in [6, 6.07) is 5.36.